The van der Waals surface area contributed by atoms with Crippen molar-refractivity contribution in [2.75, 3.05) is 13.1 Å². The van der Waals surface area contributed by atoms with Crippen LogP contribution in [0.15, 0.2) is 24.5 Å². The zero-order valence-electron chi connectivity index (χ0n) is 12.0. The number of hydrogen-bond acceptors (Lipinski definition) is 3. The van der Waals surface area contributed by atoms with Crippen molar-refractivity contribution in [1.82, 2.24) is 9.88 Å². The highest BCUT2D eigenvalue weighted by Gasteiger charge is 2.25. The van der Waals surface area contributed by atoms with Gasteiger partial charge >= 0.3 is 0 Å². The van der Waals surface area contributed by atoms with Crippen LogP contribution < -0.4 is 0 Å². The fourth-order valence-corrected chi connectivity index (χ4v) is 2.70. The predicted octanol–water partition coefficient (Wildman–Crippen LogP) is 2.23. The van der Waals surface area contributed by atoms with Gasteiger partial charge in [0.1, 0.15) is 5.78 Å². The molecular formula is C16H22N2O2. The lowest BCUT2D eigenvalue weighted by molar-refractivity contribution is -0.135. The van der Waals surface area contributed by atoms with Crippen LogP contribution in [-0.4, -0.2) is 34.7 Å². The van der Waals surface area contributed by atoms with Gasteiger partial charge in [-0.25, -0.2) is 0 Å². The van der Waals surface area contributed by atoms with E-state index in [4.69, 9.17) is 0 Å². The van der Waals surface area contributed by atoms with E-state index in [-0.39, 0.29) is 11.8 Å². The molecular weight excluding hydrogens is 252 g/mol. The Bertz CT molecular complexity index is 451. The summed E-state index contributed by atoms with van der Waals surface area (Å²) in [7, 11) is 0. The van der Waals surface area contributed by atoms with Crippen molar-refractivity contribution in [3.8, 4) is 0 Å². The molecule has 0 aromatic carbocycles. The first-order chi connectivity index (χ1) is 9.70. The van der Waals surface area contributed by atoms with E-state index in [1.54, 1.807) is 12.4 Å². The van der Waals surface area contributed by atoms with Crippen LogP contribution in [0.3, 0.4) is 0 Å². The van der Waals surface area contributed by atoms with Crippen LogP contribution in [-0.2, 0) is 16.0 Å². The summed E-state index contributed by atoms with van der Waals surface area (Å²) in [6.45, 7) is 3.37. The van der Waals surface area contributed by atoms with Crippen molar-refractivity contribution in [2.24, 2.45) is 5.92 Å². The molecule has 0 unspecified atom stereocenters. The first-order valence-electron chi connectivity index (χ1n) is 7.40. The van der Waals surface area contributed by atoms with Gasteiger partial charge in [-0.1, -0.05) is 6.92 Å². The Morgan fingerprint density at radius 3 is 2.50 bits per heavy atom. The van der Waals surface area contributed by atoms with Crippen LogP contribution in [0.1, 0.15) is 38.2 Å². The molecule has 2 rings (SSSR count). The van der Waals surface area contributed by atoms with E-state index in [2.05, 4.69) is 4.98 Å². The molecule has 1 aliphatic rings. The first-order valence-corrected chi connectivity index (χ1v) is 7.40. The molecule has 1 saturated heterocycles. The van der Waals surface area contributed by atoms with Crippen LogP contribution in [0.2, 0.25) is 0 Å². The third kappa shape index (κ3) is 3.89. The maximum absolute atomic E-state index is 12.1. The number of carbonyl (C=O) groups excluding carboxylic acids is 2. The number of aryl methyl sites for hydroxylation is 1. The van der Waals surface area contributed by atoms with Crippen molar-refractivity contribution >= 4 is 11.7 Å². The van der Waals surface area contributed by atoms with Gasteiger partial charge < -0.3 is 4.90 Å². The topological polar surface area (TPSA) is 50.3 Å². The number of Topliss-reactive ketones (excluding diaryl/α,β-unsaturated/α-hetero) is 1. The van der Waals surface area contributed by atoms with Crippen LogP contribution in [0.25, 0.3) is 0 Å². The molecule has 0 spiro atoms. The normalized spacial score (nSPS) is 16.1. The highest BCUT2D eigenvalue weighted by atomic mass is 16.2. The van der Waals surface area contributed by atoms with Gasteiger partial charge in [-0.15, -0.1) is 0 Å². The highest BCUT2D eigenvalue weighted by Crippen LogP contribution is 2.20. The summed E-state index contributed by atoms with van der Waals surface area (Å²) >= 11 is 0. The van der Waals surface area contributed by atoms with Crippen molar-refractivity contribution in [2.45, 2.75) is 39.0 Å². The molecule has 0 N–H and O–H groups in total. The molecule has 1 aromatic rings. The monoisotopic (exact) mass is 274 g/mol. The molecule has 4 nitrogen and oxygen atoms in total. The summed E-state index contributed by atoms with van der Waals surface area (Å²) < 4.78 is 0. The average Bonchev–Trinajstić information content (AvgIpc) is 2.53. The Labute approximate surface area is 120 Å². The van der Waals surface area contributed by atoms with E-state index in [0.717, 1.165) is 37.9 Å². The maximum Gasteiger partial charge on any atom is 0.222 e. The minimum Gasteiger partial charge on any atom is -0.343 e. The number of rotatable bonds is 5. The van der Waals surface area contributed by atoms with Crippen LogP contribution in [0, 0.1) is 5.92 Å². The molecule has 1 amide bonds. The highest BCUT2D eigenvalue weighted by molar-refractivity contribution is 5.81. The summed E-state index contributed by atoms with van der Waals surface area (Å²) in [4.78, 5) is 29.7. The number of carbonyl (C=O) groups is 2. The third-order valence-electron chi connectivity index (χ3n) is 4.03. The SMILES string of the molecule is CCC(=O)C1CCN(C(=O)CCc2ccncc2)CC1. The fourth-order valence-electron chi connectivity index (χ4n) is 2.70. The minimum atomic E-state index is 0.171. The van der Waals surface area contributed by atoms with Crippen molar-refractivity contribution in [1.29, 1.82) is 0 Å². The second kappa shape index (κ2) is 7.17. The van der Waals surface area contributed by atoms with E-state index in [0.29, 0.717) is 18.6 Å². The summed E-state index contributed by atoms with van der Waals surface area (Å²) in [5, 5.41) is 0. The number of hydrogen-bond donors (Lipinski definition) is 0. The van der Waals surface area contributed by atoms with Gasteiger partial charge in [0.25, 0.3) is 0 Å². The quantitative estimate of drug-likeness (QED) is 0.827. The number of likely N-dealkylation sites (tertiary alicyclic amines) is 1. The zero-order valence-corrected chi connectivity index (χ0v) is 12.0. The van der Waals surface area contributed by atoms with Crippen LogP contribution >= 0.6 is 0 Å². The van der Waals surface area contributed by atoms with E-state index in [1.807, 2.05) is 24.0 Å². The standard InChI is InChI=1S/C16H22N2O2/c1-2-15(19)14-7-11-18(12-8-14)16(20)4-3-13-5-9-17-10-6-13/h5-6,9-10,14H,2-4,7-8,11-12H2,1H3. The summed E-state index contributed by atoms with van der Waals surface area (Å²) in [6.07, 6.45) is 7.07. The molecule has 4 heteroatoms. The molecule has 0 atom stereocenters. The largest absolute Gasteiger partial charge is 0.343 e. The molecule has 0 aliphatic carbocycles. The molecule has 0 saturated carbocycles. The van der Waals surface area contributed by atoms with Gasteiger partial charge in [0.2, 0.25) is 5.91 Å². The lowest BCUT2D eigenvalue weighted by Crippen LogP contribution is -2.40. The number of aromatic nitrogens is 1. The lowest BCUT2D eigenvalue weighted by atomic mass is 9.91. The van der Waals surface area contributed by atoms with Gasteiger partial charge in [0.05, 0.1) is 0 Å². The Morgan fingerprint density at radius 1 is 1.25 bits per heavy atom. The van der Waals surface area contributed by atoms with Gasteiger partial charge in [-0.2, -0.15) is 0 Å². The molecule has 1 aliphatic heterocycles. The third-order valence-corrected chi connectivity index (χ3v) is 4.03. The molecule has 1 aromatic heterocycles. The zero-order chi connectivity index (χ0) is 14.4. The molecule has 108 valence electrons. The summed E-state index contributed by atoms with van der Waals surface area (Å²) in [5.74, 6) is 0.711. The molecule has 20 heavy (non-hydrogen) atoms. The van der Waals surface area contributed by atoms with E-state index < -0.39 is 0 Å². The van der Waals surface area contributed by atoms with Crippen molar-refractivity contribution < 1.29 is 9.59 Å². The number of amides is 1. The Morgan fingerprint density at radius 2 is 1.90 bits per heavy atom. The molecule has 0 radical (unpaired) electrons. The average molecular weight is 274 g/mol. The Balaban J connectivity index is 1.76. The van der Waals surface area contributed by atoms with Gasteiger partial charge in [-0.3, -0.25) is 14.6 Å². The smallest absolute Gasteiger partial charge is 0.222 e. The summed E-state index contributed by atoms with van der Waals surface area (Å²) in [5.41, 5.74) is 1.14. The second-order valence-corrected chi connectivity index (χ2v) is 5.33. The van der Waals surface area contributed by atoms with E-state index in [1.165, 1.54) is 0 Å². The van der Waals surface area contributed by atoms with Gasteiger partial charge in [0, 0.05) is 44.2 Å². The molecule has 2 heterocycles. The first kappa shape index (κ1) is 14.7. The fraction of sp³-hybridized carbons (Fsp3) is 0.562. The van der Waals surface area contributed by atoms with E-state index >= 15 is 0 Å². The predicted molar refractivity (Wildman–Crippen MR) is 77.2 cm³/mol. The van der Waals surface area contributed by atoms with Crippen molar-refractivity contribution in [3.05, 3.63) is 30.1 Å². The second-order valence-electron chi connectivity index (χ2n) is 5.33. The maximum atomic E-state index is 12.1. The number of ketones is 1. The molecule has 1 fully saturated rings. The van der Waals surface area contributed by atoms with Crippen molar-refractivity contribution in [3.63, 3.8) is 0 Å². The minimum absolute atomic E-state index is 0.171. The van der Waals surface area contributed by atoms with Crippen LogP contribution in [0.5, 0.6) is 0 Å². The number of piperidine rings is 1. The van der Waals surface area contributed by atoms with Crippen LogP contribution in [0.4, 0.5) is 0 Å². The Hall–Kier alpha value is -1.71. The summed E-state index contributed by atoms with van der Waals surface area (Å²) in [6, 6.07) is 3.89. The lowest BCUT2D eigenvalue weighted by Gasteiger charge is -2.31. The van der Waals surface area contributed by atoms with Gasteiger partial charge in [-0.05, 0) is 37.0 Å². The molecule has 0 bridgehead atoms. The van der Waals surface area contributed by atoms with Gasteiger partial charge in [0.15, 0.2) is 0 Å². The Kier molecular flexibility index (Phi) is 5.27. The number of pyridine rings is 1. The number of nitrogens with zero attached hydrogens (tertiary/aromatic N) is 2. The van der Waals surface area contributed by atoms with E-state index in [9.17, 15) is 9.59 Å².